The van der Waals surface area contributed by atoms with Crippen molar-refractivity contribution in [2.24, 2.45) is 0 Å². The number of hydrogen-bond donors (Lipinski definition) is 0. The number of hydrogen-bond acceptors (Lipinski definition) is 1. The first-order valence-corrected chi connectivity index (χ1v) is 7.25. The summed E-state index contributed by atoms with van der Waals surface area (Å²) < 4.78 is 49.3. The molecular formula is C11H12F3OP. The Labute approximate surface area is 92.0 Å². The highest BCUT2D eigenvalue weighted by molar-refractivity contribution is 7.71. The number of alkyl halides is 3. The van der Waals surface area contributed by atoms with Crippen LogP contribution in [0.25, 0.3) is 0 Å². The second kappa shape index (κ2) is 3.92. The summed E-state index contributed by atoms with van der Waals surface area (Å²) in [5, 5.41) is 0.595. The lowest BCUT2D eigenvalue weighted by molar-refractivity contribution is -0.137. The van der Waals surface area contributed by atoms with Crippen molar-refractivity contribution in [1.29, 1.82) is 0 Å². The minimum atomic E-state index is -4.32. The van der Waals surface area contributed by atoms with E-state index >= 15 is 0 Å². The van der Waals surface area contributed by atoms with Gasteiger partial charge in [0.2, 0.25) is 0 Å². The lowest BCUT2D eigenvalue weighted by atomic mass is 10.2. The van der Waals surface area contributed by atoms with E-state index in [0.717, 1.165) is 25.0 Å². The average Bonchev–Trinajstić information content (AvgIpc) is 2.66. The number of benzene rings is 1. The zero-order valence-electron chi connectivity index (χ0n) is 8.63. The molecule has 0 amide bonds. The predicted octanol–water partition coefficient (Wildman–Crippen LogP) is 3.49. The molecule has 2 rings (SSSR count). The van der Waals surface area contributed by atoms with Crippen LogP contribution in [0.3, 0.4) is 0 Å². The van der Waals surface area contributed by atoms with Crippen LogP contribution in [0.1, 0.15) is 18.4 Å². The van der Waals surface area contributed by atoms with Gasteiger partial charge in [0, 0.05) is 17.6 Å². The summed E-state index contributed by atoms with van der Waals surface area (Å²) in [4.78, 5) is 0. The minimum Gasteiger partial charge on any atom is -0.319 e. The molecular weight excluding hydrogens is 236 g/mol. The molecule has 1 aromatic carbocycles. The first-order chi connectivity index (χ1) is 7.42. The molecule has 16 heavy (non-hydrogen) atoms. The highest BCUT2D eigenvalue weighted by Gasteiger charge is 2.32. The van der Waals surface area contributed by atoms with Gasteiger partial charge in [-0.1, -0.05) is 12.1 Å². The van der Waals surface area contributed by atoms with Crippen LogP contribution in [0, 0.1) is 0 Å². The Morgan fingerprint density at radius 3 is 1.94 bits per heavy atom. The van der Waals surface area contributed by atoms with Crippen LogP contribution in [0.15, 0.2) is 24.3 Å². The Bertz CT molecular complexity index is 412. The summed E-state index contributed by atoms with van der Waals surface area (Å²) in [5.41, 5.74) is -0.679. The second-order valence-electron chi connectivity index (χ2n) is 4.09. The summed E-state index contributed by atoms with van der Waals surface area (Å²) >= 11 is 0. The van der Waals surface area contributed by atoms with Crippen molar-refractivity contribution in [3.63, 3.8) is 0 Å². The molecule has 5 heteroatoms. The van der Waals surface area contributed by atoms with E-state index in [-0.39, 0.29) is 0 Å². The minimum absolute atomic E-state index is 0.595. The van der Waals surface area contributed by atoms with E-state index < -0.39 is 18.9 Å². The highest BCUT2D eigenvalue weighted by atomic mass is 31.2. The SMILES string of the molecule is O=P1(c2ccc(C(F)(F)F)cc2)CCCC1. The zero-order chi connectivity index (χ0) is 11.8. The molecule has 1 aliphatic rings. The van der Waals surface area contributed by atoms with E-state index in [9.17, 15) is 17.7 Å². The molecule has 1 nitrogen and oxygen atoms in total. The third-order valence-electron chi connectivity index (χ3n) is 2.95. The molecule has 1 heterocycles. The summed E-state index contributed by atoms with van der Waals surface area (Å²) in [6.07, 6.45) is -1.21. The smallest absolute Gasteiger partial charge is 0.319 e. The molecule has 88 valence electrons. The Morgan fingerprint density at radius 2 is 1.50 bits per heavy atom. The van der Waals surface area contributed by atoms with Crippen molar-refractivity contribution < 1.29 is 17.7 Å². The summed E-state index contributed by atoms with van der Waals surface area (Å²) in [6, 6.07) is 4.78. The quantitative estimate of drug-likeness (QED) is 0.695. The van der Waals surface area contributed by atoms with Crippen molar-refractivity contribution in [1.82, 2.24) is 0 Å². The predicted molar refractivity (Wildman–Crippen MR) is 57.7 cm³/mol. The van der Waals surface area contributed by atoms with E-state index in [1.165, 1.54) is 12.1 Å². The molecule has 1 saturated heterocycles. The van der Waals surface area contributed by atoms with Gasteiger partial charge >= 0.3 is 6.18 Å². The van der Waals surface area contributed by atoms with Gasteiger partial charge in [-0.25, -0.2) is 0 Å². The molecule has 0 unspecified atom stereocenters. The van der Waals surface area contributed by atoms with Gasteiger partial charge < -0.3 is 4.57 Å². The van der Waals surface area contributed by atoms with Gasteiger partial charge in [-0.05, 0) is 25.0 Å². The van der Waals surface area contributed by atoms with Crippen molar-refractivity contribution in [3.05, 3.63) is 29.8 Å². The van der Waals surface area contributed by atoms with E-state index in [4.69, 9.17) is 0 Å². The largest absolute Gasteiger partial charge is 0.416 e. The summed E-state index contributed by atoms with van der Waals surface area (Å²) in [5.74, 6) is 0. The Hall–Kier alpha value is -0.760. The maximum Gasteiger partial charge on any atom is 0.416 e. The van der Waals surface area contributed by atoms with Crippen LogP contribution < -0.4 is 5.30 Å². The Kier molecular flexibility index (Phi) is 2.87. The third kappa shape index (κ3) is 2.17. The number of halogens is 3. The fraction of sp³-hybridized carbons (Fsp3) is 0.455. The molecule has 1 aliphatic heterocycles. The van der Waals surface area contributed by atoms with E-state index in [0.29, 0.717) is 17.6 Å². The molecule has 0 aliphatic carbocycles. The topological polar surface area (TPSA) is 17.1 Å². The summed E-state index contributed by atoms with van der Waals surface area (Å²) in [7, 11) is -2.36. The average molecular weight is 248 g/mol. The first-order valence-electron chi connectivity index (χ1n) is 5.18. The van der Waals surface area contributed by atoms with Crippen LogP contribution in [0.4, 0.5) is 13.2 Å². The van der Waals surface area contributed by atoms with Gasteiger partial charge in [0.05, 0.1) is 5.56 Å². The van der Waals surface area contributed by atoms with Crippen molar-refractivity contribution in [3.8, 4) is 0 Å². The van der Waals surface area contributed by atoms with Gasteiger partial charge in [0.15, 0.2) is 0 Å². The van der Waals surface area contributed by atoms with Crippen LogP contribution in [-0.2, 0) is 10.7 Å². The van der Waals surface area contributed by atoms with E-state index in [2.05, 4.69) is 0 Å². The van der Waals surface area contributed by atoms with Crippen molar-refractivity contribution in [2.75, 3.05) is 12.3 Å². The van der Waals surface area contributed by atoms with Gasteiger partial charge in [-0.2, -0.15) is 13.2 Å². The van der Waals surface area contributed by atoms with Crippen LogP contribution in [-0.4, -0.2) is 12.3 Å². The molecule has 0 atom stereocenters. The molecule has 1 aromatic rings. The molecule has 0 aromatic heterocycles. The fourth-order valence-electron chi connectivity index (χ4n) is 2.03. The van der Waals surface area contributed by atoms with Crippen LogP contribution in [0.5, 0.6) is 0 Å². The molecule has 1 fully saturated rings. The van der Waals surface area contributed by atoms with Crippen LogP contribution in [0.2, 0.25) is 0 Å². The molecule has 0 radical (unpaired) electrons. The van der Waals surface area contributed by atoms with Gasteiger partial charge in [0.25, 0.3) is 0 Å². The third-order valence-corrected chi connectivity index (χ3v) is 6.27. The second-order valence-corrected chi connectivity index (χ2v) is 7.28. The zero-order valence-corrected chi connectivity index (χ0v) is 9.52. The Balaban J connectivity index is 2.29. The normalized spacial score (nSPS) is 19.9. The van der Waals surface area contributed by atoms with Gasteiger partial charge in [0.1, 0.15) is 7.14 Å². The fourth-order valence-corrected chi connectivity index (χ4v) is 4.93. The van der Waals surface area contributed by atoms with Crippen molar-refractivity contribution >= 4 is 12.4 Å². The number of rotatable bonds is 1. The molecule has 0 saturated carbocycles. The van der Waals surface area contributed by atoms with Crippen LogP contribution >= 0.6 is 7.14 Å². The maximum atomic E-state index is 12.3. The van der Waals surface area contributed by atoms with E-state index in [1.807, 2.05) is 0 Å². The van der Waals surface area contributed by atoms with Gasteiger partial charge in [-0.15, -0.1) is 0 Å². The Morgan fingerprint density at radius 1 is 1.00 bits per heavy atom. The summed E-state index contributed by atoms with van der Waals surface area (Å²) in [6.45, 7) is 0. The lowest BCUT2D eigenvalue weighted by Crippen LogP contribution is -2.10. The highest BCUT2D eigenvalue weighted by Crippen LogP contribution is 2.50. The molecule has 0 N–H and O–H groups in total. The lowest BCUT2D eigenvalue weighted by Gasteiger charge is -2.12. The standard InChI is InChI=1S/C11H12F3OP/c12-11(13,14)9-3-5-10(6-4-9)16(15)7-1-2-8-16/h3-6H,1-2,7-8H2. The van der Waals surface area contributed by atoms with E-state index in [1.54, 1.807) is 0 Å². The first kappa shape index (κ1) is 11.7. The van der Waals surface area contributed by atoms with Gasteiger partial charge in [-0.3, -0.25) is 0 Å². The monoisotopic (exact) mass is 248 g/mol. The molecule has 0 bridgehead atoms. The van der Waals surface area contributed by atoms with Crippen molar-refractivity contribution in [2.45, 2.75) is 19.0 Å². The molecule has 0 spiro atoms. The maximum absolute atomic E-state index is 12.3.